The second-order valence-corrected chi connectivity index (χ2v) is 9.93. The van der Waals surface area contributed by atoms with E-state index in [2.05, 4.69) is 136 Å². The van der Waals surface area contributed by atoms with E-state index >= 15 is 0 Å². The smallest absolute Gasteiger partial charge is 0.0165 e. The summed E-state index contributed by atoms with van der Waals surface area (Å²) in [6.07, 6.45) is 0. The molecular formula is C34H28. The SMILES string of the molecule is Cc1ccc(-c2ccc3c(c2)-c2cc(-c4ccccc4)cc(-c4ccccc4)c2C3(C)C)cc1. The van der Waals surface area contributed by atoms with Crippen molar-refractivity contribution in [2.75, 3.05) is 0 Å². The van der Waals surface area contributed by atoms with Crippen molar-refractivity contribution in [2.45, 2.75) is 26.2 Å². The van der Waals surface area contributed by atoms with Gasteiger partial charge >= 0.3 is 0 Å². The lowest BCUT2D eigenvalue weighted by Gasteiger charge is -2.25. The average Bonchev–Trinajstić information content (AvgIpc) is 3.11. The van der Waals surface area contributed by atoms with Gasteiger partial charge in [0.05, 0.1) is 0 Å². The molecule has 0 aliphatic heterocycles. The van der Waals surface area contributed by atoms with E-state index < -0.39 is 0 Å². The van der Waals surface area contributed by atoms with Gasteiger partial charge in [0.2, 0.25) is 0 Å². The Morgan fingerprint density at radius 1 is 0.441 bits per heavy atom. The van der Waals surface area contributed by atoms with Crippen molar-refractivity contribution in [3.8, 4) is 44.5 Å². The summed E-state index contributed by atoms with van der Waals surface area (Å²) in [5.74, 6) is 0. The van der Waals surface area contributed by atoms with Crippen LogP contribution in [0.2, 0.25) is 0 Å². The number of aryl methyl sites for hydroxylation is 1. The van der Waals surface area contributed by atoms with Gasteiger partial charge in [-0.3, -0.25) is 0 Å². The highest BCUT2D eigenvalue weighted by Crippen LogP contribution is 2.54. The summed E-state index contributed by atoms with van der Waals surface area (Å²) < 4.78 is 0. The fourth-order valence-electron chi connectivity index (χ4n) is 5.54. The predicted molar refractivity (Wildman–Crippen MR) is 145 cm³/mol. The zero-order chi connectivity index (χ0) is 23.3. The Labute approximate surface area is 202 Å². The molecule has 0 heteroatoms. The number of benzene rings is 5. The molecule has 0 nitrogen and oxygen atoms in total. The zero-order valence-electron chi connectivity index (χ0n) is 20.0. The third kappa shape index (κ3) is 3.30. The van der Waals surface area contributed by atoms with E-state index in [9.17, 15) is 0 Å². The first-order valence-electron chi connectivity index (χ1n) is 12.0. The molecule has 0 amide bonds. The van der Waals surface area contributed by atoms with Crippen LogP contribution in [-0.2, 0) is 5.41 Å². The van der Waals surface area contributed by atoms with Gasteiger partial charge < -0.3 is 0 Å². The standard InChI is InChI=1S/C34H28/c1-23-14-16-25(17-15-23)27-18-19-32-30(20-27)31-22-28(24-10-6-4-7-11-24)21-29(33(31)34(32,2)3)26-12-8-5-9-13-26/h4-22H,1-3H3. The van der Waals surface area contributed by atoms with Gasteiger partial charge in [-0.15, -0.1) is 0 Å². The Kier molecular flexibility index (Phi) is 4.78. The monoisotopic (exact) mass is 436 g/mol. The number of hydrogen-bond donors (Lipinski definition) is 0. The minimum atomic E-state index is -0.0726. The molecule has 0 bridgehead atoms. The lowest BCUT2D eigenvalue weighted by atomic mass is 9.78. The predicted octanol–water partition coefficient (Wildman–Crippen LogP) is 9.30. The fourth-order valence-corrected chi connectivity index (χ4v) is 5.54. The van der Waals surface area contributed by atoms with E-state index in [1.54, 1.807) is 0 Å². The Balaban J connectivity index is 1.63. The van der Waals surface area contributed by atoms with Gasteiger partial charge in [0, 0.05) is 5.41 Å². The van der Waals surface area contributed by atoms with Crippen molar-refractivity contribution in [1.29, 1.82) is 0 Å². The quantitative estimate of drug-likeness (QED) is 0.264. The van der Waals surface area contributed by atoms with Crippen LogP contribution in [-0.4, -0.2) is 0 Å². The highest BCUT2D eigenvalue weighted by molar-refractivity contribution is 5.93. The summed E-state index contributed by atoms with van der Waals surface area (Å²) in [4.78, 5) is 0. The summed E-state index contributed by atoms with van der Waals surface area (Å²) in [6, 6.07) is 42.3. The molecule has 0 unspecified atom stereocenters. The Morgan fingerprint density at radius 3 is 1.65 bits per heavy atom. The highest BCUT2D eigenvalue weighted by atomic mass is 14.4. The Morgan fingerprint density at radius 2 is 0.971 bits per heavy atom. The van der Waals surface area contributed by atoms with Crippen LogP contribution in [0.4, 0.5) is 0 Å². The van der Waals surface area contributed by atoms with Crippen LogP contribution in [0.1, 0.15) is 30.5 Å². The van der Waals surface area contributed by atoms with E-state index in [1.807, 2.05) is 0 Å². The van der Waals surface area contributed by atoms with Crippen molar-refractivity contribution in [2.24, 2.45) is 0 Å². The fraction of sp³-hybridized carbons (Fsp3) is 0.118. The lowest BCUT2D eigenvalue weighted by molar-refractivity contribution is 0.662. The summed E-state index contributed by atoms with van der Waals surface area (Å²) in [5, 5.41) is 0. The average molecular weight is 437 g/mol. The molecule has 0 spiro atoms. The van der Waals surface area contributed by atoms with Crippen LogP contribution in [0, 0.1) is 6.92 Å². The third-order valence-corrected chi connectivity index (χ3v) is 7.32. The van der Waals surface area contributed by atoms with Crippen molar-refractivity contribution in [3.05, 3.63) is 132 Å². The first kappa shape index (κ1) is 20.7. The van der Waals surface area contributed by atoms with Crippen molar-refractivity contribution in [3.63, 3.8) is 0 Å². The van der Waals surface area contributed by atoms with E-state index in [0.717, 1.165) is 0 Å². The normalized spacial score (nSPS) is 13.4. The zero-order valence-corrected chi connectivity index (χ0v) is 20.0. The molecule has 164 valence electrons. The summed E-state index contributed by atoms with van der Waals surface area (Å²) in [5.41, 5.74) is 14.4. The number of rotatable bonds is 3. The van der Waals surface area contributed by atoms with Crippen LogP contribution >= 0.6 is 0 Å². The molecule has 34 heavy (non-hydrogen) atoms. The second kappa shape index (κ2) is 7.85. The Bertz CT molecular complexity index is 1490. The van der Waals surface area contributed by atoms with Crippen LogP contribution in [0.5, 0.6) is 0 Å². The molecule has 0 radical (unpaired) electrons. The summed E-state index contributed by atoms with van der Waals surface area (Å²) in [6.45, 7) is 6.89. The minimum absolute atomic E-state index is 0.0726. The summed E-state index contributed by atoms with van der Waals surface area (Å²) in [7, 11) is 0. The first-order chi connectivity index (χ1) is 16.5. The van der Waals surface area contributed by atoms with Gasteiger partial charge in [-0.05, 0) is 80.8 Å². The molecule has 6 rings (SSSR count). The molecule has 0 atom stereocenters. The maximum atomic E-state index is 2.41. The second-order valence-electron chi connectivity index (χ2n) is 9.93. The highest BCUT2D eigenvalue weighted by Gasteiger charge is 2.38. The molecular weight excluding hydrogens is 408 g/mol. The van der Waals surface area contributed by atoms with Crippen molar-refractivity contribution < 1.29 is 0 Å². The van der Waals surface area contributed by atoms with Gasteiger partial charge in [0.1, 0.15) is 0 Å². The minimum Gasteiger partial charge on any atom is -0.0622 e. The Hall–Kier alpha value is -3.90. The molecule has 5 aromatic carbocycles. The topological polar surface area (TPSA) is 0 Å². The van der Waals surface area contributed by atoms with Crippen LogP contribution in [0.25, 0.3) is 44.5 Å². The summed E-state index contributed by atoms with van der Waals surface area (Å²) >= 11 is 0. The maximum Gasteiger partial charge on any atom is 0.0165 e. The molecule has 0 aromatic heterocycles. The van der Waals surface area contributed by atoms with Gasteiger partial charge in [-0.1, -0.05) is 116 Å². The van der Waals surface area contributed by atoms with Gasteiger partial charge in [0.15, 0.2) is 0 Å². The number of fused-ring (bicyclic) bond motifs is 3. The molecule has 0 N–H and O–H groups in total. The van der Waals surface area contributed by atoms with Gasteiger partial charge in [0.25, 0.3) is 0 Å². The van der Waals surface area contributed by atoms with Gasteiger partial charge in [-0.25, -0.2) is 0 Å². The molecule has 0 fully saturated rings. The van der Waals surface area contributed by atoms with Crippen LogP contribution in [0.3, 0.4) is 0 Å². The molecule has 0 saturated heterocycles. The van der Waals surface area contributed by atoms with E-state index in [1.165, 1.54) is 61.2 Å². The third-order valence-electron chi connectivity index (χ3n) is 7.32. The van der Waals surface area contributed by atoms with Crippen molar-refractivity contribution >= 4 is 0 Å². The first-order valence-corrected chi connectivity index (χ1v) is 12.0. The van der Waals surface area contributed by atoms with E-state index in [0.29, 0.717) is 0 Å². The van der Waals surface area contributed by atoms with Gasteiger partial charge in [-0.2, -0.15) is 0 Å². The maximum absolute atomic E-state index is 2.41. The molecule has 5 aromatic rings. The molecule has 0 heterocycles. The molecule has 0 saturated carbocycles. The van der Waals surface area contributed by atoms with Crippen molar-refractivity contribution in [1.82, 2.24) is 0 Å². The van der Waals surface area contributed by atoms with Crippen LogP contribution < -0.4 is 0 Å². The molecule has 1 aliphatic carbocycles. The van der Waals surface area contributed by atoms with Crippen LogP contribution in [0.15, 0.2) is 115 Å². The largest absolute Gasteiger partial charge is 0.0622 e. The number of hydrogen-bond acceptors (Lipinski definition) is 0. The lowest BCUT2D eigenvalue weighted by Crippen LogP contribution is -2.16. The van der Waals surface area contributed by atoms with E-state index in [-0.39, 0.29) is 5.41 Å². The van der Waals surface area contributed by atoms with E-state index in [4.69, 9.17) is 0 Å². The molecule has 1 aliphatic rings.